The Kier molecular flexibility index (Phi) is 9.55. The smallest absolute Gasteiger partial charge is 0.252 e. The van der Waals surface area contributed by atoms with Gasteiger partial charge in [0.1, 0.15) is 0 Å². The Morgan fingerprint density at radius 2 is 0.744 bits per heavy atom. The largest absolute Gasteiger partial charge is 0.272 e. The fraction of sp³-hybridized carbons (Fsp3) is 0.588. The first kappa shape index (κ1) is 32.6. The third-order valence-corrected chi connectivity index (χ3v) is 6.99. The van der Waals surface area contributed by atoms with Crippen LogP contribution in [0.1, 0.15) is 132 Å². The maximum atomic E-state index is 13.4. The molecule has 5 nitrogen and oxygen atoms in total. The molecule has 0 fully saturated rings. The van der Waals surface area contributed by atoms with Gasteiger partial charge in [-0.15, -0.1) is 4.94 Å². The average Bonchev–Trinajstić information content (AvgIpc) is 2.81. The number of nitrogens with zero attached hydrogens (tertiary/aromatic N) is 2. The first-order valence-electron chi connectivity index (χ1n) is 14.3. The Bertz CT molecular complexity index is 1030. The maximum absolute atomic E-state index is 13.4. The summed E-state index contributed by atoms with van der Waals surface area (Å²) in [5, 5.41) is 2.61. The molecule has 2 aromatic rings. The molecule has 0 aliphatic heterocycles. The molecule has 216 valence electrons. The number of anilines is 2. The summed E-state index contributed by atoms with van der Waals surface area (Å²) >= 11 is 0. The molecule has 2 rings (SSSR count). The van der Waals surface area contributed by atoms with Gasteiger partial charge in [0, 0.05) is 12.8 Å². The highest BCUT2D eigenvalue weighted by atomic mass is 16.8. The summed E-state index contributed by atoms with van der Waals surface area (Å²) in [4.78, 5) is 33.2. The molecule has 2 aromatic carbocycles. The van der Waals surface area contributed by atoms with Crippen molar-refractivity contribution in [2.24, 2.45) is 0 Å². The Morgan fingerprint density at radius 1 is 0.513 bits per heavy atom. The lowest BCUT2D eigenvalue weighted by atomic mass is 9.80. The standard InChI is InChI=1S/C34H52N2O3/c1-15-29(37)35(27-19-23(31(3,4)5)17-24(20-27)32(6,7)8)39-36(30(38)16-2)28-21-25(33(9,10)11)18-26(22-28)34(12,13)14/h17-22H,15-16H2,1-14H3. The van der Waals surface area contributed by atoms with Crippen molar-refractivity contribution in [1.29, 1.82) is 0 Å². The lowest BCUT2D eigenvalue weighted by Gasteiger charge is -2.33. The predicted octanol–water partition coefficient (Wildman–Crippen LogP) is 8.91. The molecular weight excluding hydrogens is 484 g/mol. The van der Waals surface area contributed by atoms with E-state index in [1.807, 2.05) is 24.3 Å². The lowest BCUT2D eigenvalue weighted by molar-refractivity contribution is -0.133. The number of hydrogen-bond acceptors (Lipinski definition) is 3. The summed E-state index contributed by atoms with van der Waals surface area (Å²) in [6, 6.07) is 12.4. The van der Waals surface area contributed by atoms with E-state index in [1.165, 1.54) is 10.1 Å². The molecule has 5 heteroatoms. The molecule has 0 spiro atoms. The number of rotatable bonds is 6. The van der Waals surface area contributed by atoms with E-state index in [0.717, 1.165) is 22.3 Å². The summed E-state index contributed by atoms with van der Waals surface area (Å²) in [6.45, 7) is 29.5. The number of carbonyl (C=O) groups is 2. The van der Waals surface area contributed by atoms with Crippen molar-refractivity contribution >= 4 is 23.2 Å². The molecule has 0 atom stereocenters. The zero-order chi connectivity index (χ0) is 30.1. The van der Waals surface area contributed by atoms with Crippen LogP contribution in [-0.2, 0) is 36.2 Å². The van der Waals surface area contributed by atoms with Crippen LogP contribution in [0.4, 0.5) is 11.4 Å². The quantitative estimate of drug-likeness (QED) is 0.346. The van der Waals surface area contributed by atoms with E-state index < -0.39 is 0 Å². The van der Waals surface area contributed by atoms with Gasteiger partial charge < -0.3 is 0 Å². The Balaban J connectivity index is 2.81. The molecule has 0 saturated carbocycles. The third-order valence-electron chi connectivity index (χ3n) is 6.99. The molecule has 0 radical (unpaired) electrons. The van der Waals surface area contributed by atoms with Crippen molar-refractivity contribution in [3.63, 3.8) is 0 Å². The molecule has 0 aliphatic carbocycles. The van der Waals surface area contributed by atoms with Gasteiger partial charge in [-0.2, -0.15) is 10.1 Å². The van der Waals surface area contributed by atoms with Crippen molar-refractivity contribution in [3.8, 4) is 0 Å². The van der Waals surface area contributed by atoms with E-state index in [9.17, 15) is 9.59 Å². The molecule has 0 bridgehead atoms. The number of hydroxylamine groups is 2. The van der Waals surface area contributed by atoms with Gasteiger partial charge in [0.2, 0.25) is 0 Å². The first-order chi connectivity index (χ1) is 17.6. The van der Waals surface area contributed by atoms with E-state index in [1.54, 1.807) is 13.8 Å². The van der Waals surface area contributed by atoms with Crippen molar-refractivity contribution in [2.45, 2.75) is 131 Å². The molecule has 39 heavy (non-hydrogen) atoms. The zero-order valence-electron chi connectivity index (χ0n) is 27.0. The summed E-state index contributed by atoms with van der Waals surface area (Å²) in [5.74, 6) is -0.448. The van der Waals surface area contributed by atoms with Crippen LogP contribution in [0, 0.1) is 0 Å². The Labute approximate surface area is 237 Å². The van der Waals surface area contributed by atoms with Gasteiger partial charge in [-0.05, 0) is 68.2 Å². The van der Waals surface area contributed by atoms with Crippen LogP contribution in [0.3, 0.4) is 0 Å². The molecule has 0 aliphatic rings. The molecule has 0 N–H and O–H groups in total. The second-order valence-electron chi connectivity index (χ2n) is 14.7. The van der Waals surface area contributed by atoms with Crippen LogP contribution in [0.2, 0.25) is 0 Å². The Hall–Kier alpha value is -2.66. The van der Waals surface area contributed by atoms with Gasteiger partial charge in [0.25, 0.3) is 11.8 Å². The highest BCUT2D eigenvalue weighted by Crippen LogP contribution is 2.36. The van der Waals surface area contributed by atoms with Gasteiger partial charge in [0.05, 0.1) is 11.4 Å². The number of carbonyl (C=O) groups excluding carboxylic acids is 2. The second kappa shape index (κ2) is 11.4. The zero-order valence-corrected chi connectivity index (χ0v) is 27.0. The van der Waals surface area contributed by atoms with Gasteiger partial charge in [-0.1, -0.05) is 109 Å². The minimum atomic E-state index is -0.224. The maximum Gasteiger partial charge on any atom is 0.252 e. The van der Waals surface area contributed by atoms with Gasteiger partial charge >= 0.3 is 0 Å². The number of benzene rings is 2. The lowest BCUT2D eigenvalue weighted by Crippen LogP contribution is -2.42. The van der Waals surface area contributed by atoms with Crippen LogP contribution in [0.15, 0.2) is 36.4 Å². The van der Waals surface area contributed by atoms with E-state index in [4.69, 9.17) is 4.94 Å². The molecule has 0 unspecified atom stereocenters. The van der Waals surface area contributed by atoms with Crippen molar-refractivity contribution in [1.82, 2.24) is 0 Å². The van der Waals surface area contributed by atoms with E-state index in [0.29, 0.717) is 11.4 Å². The molecule has 0 aromatic heterocycles. The fourth-order valence-electron chi connectivity index (χ4n) is 4.03. The molecule has 0 saturated heterocycles. The van der Waals surface area contributed by atoms with Crippen LogP contribution >= 0.6 is 0 Å². The topological polar surface area (TPSA) is 49.9 Å². The van der Waals surface area contributed by atoms with Crippen LogP contribution < -0.4 is 10.1 Å². The predicted molar refractivity (Wildman–Crippen MR) is 164 cm³/mol. The SMILES string of the molecule is CCC(=O)N(ON(C(=O)CC)c1cc(C(C)(C)C)cc(C(C)(C)C)c1)c1cc(C(C)(C)C)cc(C(C)(C)C)c1. The number of hydrogen-bond donors (Lipinski definition) is 0. The first-order valence-corrected chi connectivity index (χ1v) is 14.3. The molecule has 0 heterocycles. The molecular formula is C34H52N2O3. The van der Waals surface area contributed by atoms with Gasteiger partial charge in [-0.3, -0.25) is 9.59 Å². The monoisotopic (exact) mass is 536 g/mol. The molecule has 2 amide bonds. The van der Waals surface area contributed by atoms with Crippen molar-refractivity contribution < 1.29 is 14.5 Å². The normalized spacial score (nSPS) is 12.9. The van der Waals surface area contributed by atoms with Crippen molar-refractivity contribution in [3.05, 3.63) is 58.7 Å². The second-order valence-corrected chi connectivity index (χ2v) is 14.7. The van der Waals surface area contributed by atoms with Gasteiger partial charge in [0.15, 0.2) is 0 Å². The minimum Gasteiger partial charge on any atom is -0.272 e. The van der Waals surface area contributed by atoms with Gasteiger partial charge in [-0.25, -0.2) is 0 Å². The van der Waals surface area contributed by atoms with E-state index in [2.05, 4.69) is 95.2 Å². The Morgan fingerprint density at radius 3 is 0.923 bits per heavy atom. The van der Waals surface area contributed by atoms with Crippen LogP contribution in [-0.4, -0.2) is 11.8 Å². The third kappa shape index (κ3) is 8.17. The highest BCUT2D eigenvalue weighted by molar-refractivity contribution is 5.95. The van der Waals surface area contributed by atoms with Crippen LogP contribution in [0.5, 0.6) is 0 Å². The summed E-state index contributed by atoms with van der Waals surface area (Å²) in [6.07, 6.45) is 0.460. The highest BCUT2D eigenvalue weighted by Gasteiger charge is 2.30. The van der Waals surface area contributed by atoms with E-state index in [-0.39, 0.29) is 46.3 Å². The van der Waals surface area contributed by atoms with Crippen LogP contribution in [0.25, 0.3) is 0 Å². The fourth-order valence-corrected chi connectivity index (χ4v) is 4.03. The van der Waals surface area contributed by atoms with E-state index >= 15 is 0 Å². The van der Waals surface area contributed by atoms with Crippen molar-refractivity contribution in [2.75, 3.05) is 10.1 Å². The number of amides is 2. The summed E-state index contributed by atoms with van der Waals surface area (Å²) in [5.41, 5.74) is 5.07. The summed E-state index contributed by atoms with van der Waals surface area (Å²) in [7, 11) is 0. The minimum absolute atomic E-state index is 0.140. The summed E-state index contributed by atoms with van der Waals surface area (Å²) < 4.78 is 0. The average molecular weight is 537 g/mol.